The van der Waals surface area contributed by atoms with Crippen LogP contribution in [0.3, 0.4) is 0 Å². The number of hydrogen-bond acceptors (Lipinski definition) is 3. The minimum Gasteiger partial charge on any atom is -0.493 e. The lowest BCUT2D eigenvalue weighted by Crippen LogP contribution is -2.34. The fraction of sp³-hybridized carbons (Fsp3) is 0.438. The molecule has 1 heterocycles. The van der Waals surface area contributed by atoms with Crippen LogP contribution < -0.4 is 4.74 Å². The fourth-order valence-electron chi connectivity index (χ4n) is 3.23. The Morgan fingerprint density at radius 1 is 1.40 bits per heavy atom. The van der Waals surface area contributed by atoms with Crippen LogP contribution in [0.1, 0.15) is 36.6 Å². The highest BCUT2D eigenvalue weighted by Gasteiger charge is 2.41. The van der Waals surface area contributed by atoms with Crippen LogP contribution >= 0.6 is 0 Å². The third kappa shape index (κ3) is 1.83. The molecule has 1 aliphatic rings. The molecular formula is C16H20N2O2. The Balaban J connectivity index is 2.21. The zero-order valence-electron chi connectivity index (χ0n) is 12.0. The summed E-state index contributed by atoms with van der Waals surface area (Å²) in [7, 11) is 1.62. The van der Waals surface area contributed by atoms with Gasteiger partial charge in [0.25, 0.3) is 0 Å². The van der Waals surface area contributed by atoms with Gasteiger partial charge in [0.2, 0.25) is 0 Å². The van der Waals surface area contributed by atoms with Crippen LogP contribution in [0.4, 0.5) is 0 Å². The van der Waals surface area contributed by atoms with E-state index in [4.69, 9.17) is 4.74 Å². The molecular weight excluding hydrogens is 252 g/mol. The SMILES string of the molecule is CCn1ncc(OC)c1C1(O)CCCc2ccccc21. The van der Waals surface area contributed by atoms with E-state index >= 15 is 0 Å². The van der Waals surface area contributed by atoms with Gasteiger partial charge in [-0.2, -0.15) is 5.10 Å². The summed E-state index contributed by atoms with van der Waals surface area (Å²) >= 11 is 0. The monoisotopic (exact) mass is 272 g/mol. The lowest BCUT2D eigenvalue weighted by molar-refractivity contribution is 0.0497. The third-order valence-corrected chi connectivity index (χ3v) is 4.16. The van der Waals surface area contributed by atoms with E-state index in [1.807, 2.05) is 29.8 Å². The van der Waals surface area contributed by atoms with Crippen LogP contribution in [0, 0.1) is 0 Å². The molecule has 0 amide bonds. The van der Waals surface area contributed by atoms with Crippen LogP contribution in [0.5, 0.6) is 5.75 Å². The first-order valence-corrected chi connectivity index (χ1v) is 7.11. The van der Waals surface area contributed by atoms with Crippen molar-refractivity contribution in [1.29, 1.82) is 0 Å². The highest BCUT2D eigenvalue weighted by molar-refractivity contribution is 5.45. The van der Waals surface area contributed by atoms with Gasteiger partial charge in [-0.3, -0.25) is 4.68 Å². The molecule has 1 unspecified atom stereocenters. The Morgan fingerprint density at radius 3 is 2.95 bits per heavy atom. The molecule has 1 N–H and O–H groups in total. The molecule has 0 bridgehead atoms. The van der Waals surface area contributed by atoms with Crippen molar-refractivity contribution in [2.45, 2.75) is 38.3 Å². The quantitative estimate of drug-likeness (QED) is 0.933. The highest BCUT2D eigenvalue weighted by Crippen LogP contribution is 2.43. The maximum Gasteiger partial charge on any atom is 0.163 e. The van der Waals surface area contributed by atoms with E-state index in [1.54, 1.807) is 13.3 Å². The lowest BCUT2D eigenvalue weighted by atomic mass is 9.77. The first kappa shape index (κ1) is 13.2. The first-order valence-electron chi connectivity index (χ1n) is 7.11. The molecule has 1 aliphatic carbocycles. The summed E-state index contributed by atoms with van der Waals surface area (Å²) in [6, 6.07) is 8.12. The molecule has 106 valence electrons. The van der Waals surface area contributed by atoms with Gasteiger partial charge in [0.1, 0.15) is 11.3 Å². The summed E-state index contributed by atoms with van der Waals surface area (Å²) < 4.78 is 7.25. The number of methoxy groups -OCH3 is 1. The second kappa shape index (κ2) is 4.94. The van der Waals surface area contributed by atoms with E-state index in [-0.39, 0.29) is 0 Å². The van der Waals surface area contributed by atoms with Crippen molar-refractivity contribution >= 4 is 0 Å². The summed E-state index contributed by atoms with van der Waals surface area (Å²) in [6.07, 6.45) is 4.37. The van der Waals surface area contributed by atoms with Gasteiger partial charge in [0.15, 0.2) is 5.75 Å². The molecule has 0 spiro atoms. The van der Waals surface area contributed by atoms with Gasteiger partial charge in [-0.05, 0) is 37.3 Å². The number of aryl methyl sites for hydroxylation is 2. The number of hydrogen-bond donors (Lipinski definition) is 1. The Labute approximate surface area is 119 Å². The van der Waals surface area contributed by atoms with Gasteiger partial charge in [0, 0.05) is 6.54 Å². The molecule has 2 aromatic rings. The summed E-state index contributed by atoms with van der Waals surface area (Å²) in [4.78, 5) is 0. The van der Waals surface area contributed by atoms with Gasteiger partial charge < -0.3 is 9.84 Å². The van der Waals surface area contributed by atoms with E-state index in [2.05, 4.69) is 11.2 Å². The van der Waals surface area contributed by atoms with Crippen LogP contribution in [0.25, 0.3) is 0 Å². The van der Waals surface area contributed by atoms with Gasteiger partial charge in [0.05, 0.1) is 13.3 Å². The number of aliphatic hydroxyl groups is 1. The summed E-state index contributed by atoms with van der Waals surface area (Å²) in [5, 5.41) is 15.7. The molecule has 1 atom stereocenters. The van der Waals surface area contributed by atoms with Crippen LogP contribution in [-0.4, -0.2) is 22.0 Å². The average molecular weight is 272 g/mol. The zero-order chi connectivity index (χ0) is 14.2. The first-order chi connectivity index (χ1) is 9.70. The predicted octanol–water partition coefficient (Wildman–Crippen LogP) is 2.48. The molecule has 0 saturated carbocycles. The van der Waals surface area contributed by atoms with Gasteiger partial charge in [-0.1, -0.05) is 24.3 Å². The van der Waals surface area contributed by atoms with E-state index in [0.29, 0.717) is 18.7 Å². The average Bonchev–Trinajstić information content (AvgIpc) is 2.91. The standard InChI is InChI=1S/C16H20N2O2/c1-3-18-15(14(20-2)11-17-18)16(19)10-6-8-12-7-4-5-9-13(12)16/h4-5,7,9,11,19H,3,6,8,10H2,1-2H3. The number of aromatic nitrogens is 2. The van der Waals surface area contributed by atoms with Crippen molar-refractivity contribution < 1.29 is 9.84 Å². The van der Waals surface area contributed by atoms with Crippen molar-refractivity contribution in [3.8, 4) is 5.75 Å². The molecule has 1 aromatic carbocycles. The molecule has 1 aromatic heterocycles. The molecule has 20 heavy (non-hydrogen) atoms. The van der Waals surface area contributed by atoms with Crippen molar-refractivity contribution in [2.75, 3.05) is 7.11 Å². The van der Waals surface area contributed by atoms with E-state index in [0.717, 1.165) is 24.1 Å². The fourth-order valence-corrected chi connectivity index (χ4v) is 3.23. The number of rotatable bonds is 3. The number of fused-ring (bicyclic) bond motifs is 1. The highest BCUT2D eigenvalue weighted by atomic mass is 16.5. The Morgan fingerprint density at radius 2 is 2.20 bits per heavy atom. The number of nitrogens with zero attached hydrogens (tertiary/aromatic N) is 2. The maximum absolute atomic E-state index is 11.4. The Kier molecular flexibility index (Phi) is 3.26. The molecule has 4 nitrogen and oxygen atoms in total. The summed E-state index contributed by atoms with van der Waals surface area (Å²) in [5.74, 6) is 0.658. The Bertz CT molecular complexity index is 599. The van der Waals surface area contributed by atoms with E-state index in [1.165, 1.54) is 5.56 Å². The second-order valence-corrected chi connectivity index (χ2v) is 5.25. The summed E-state index contributed by atoms with van der Waals surface area (Å²) in [5.41, 5.74) is 1.97. The van der Waals surface area contributed by atoms with Crippen LogP contribution in [0.2, 0.25) is 0 Å². The molecule has 0 radical (unpaired) electrons. The molecule has 0 saturated heterocycles. The smallest absolute Gasteiger partial charge is 0.163 e. The Hall–Kier alpha value is -1.81. The molecule has 4 heteroatoms. The molecule has 0 aliphatic heterocycles. The molecule has 0 fully saturated rings. The number of ether oxygens (including phenoxy) is 1. The van der Waals surface area contributed by atoms with Gasteiger partial charge >= 0.3 is 0 Å². The van der Waals surface area contributed by atoms with E-state index in [9.17, 15) is 5.11 Å². The van der Waals surface area contributed by atoms with Gasteiger partial charge in [-0.25, -0.2) is 0 Å². The van der Waals surface area contributed by atoms with Crippen LogP contribution in [0.15, 0.2) is 30.5 Å². The second-order valence-electron chi connectivity index (χ2n) is 5.25. The van der Waals surface area contributed by atoms with E-state index < -0.39 is 5.60 Å². The van der Waals surface area contributed by atoms with Crippen molar-refractivity contribution in [2.24, 2.45) is 0 Å². The zero-order valence-corrected chi connectivity index (χ0v) is 12.0. The lowest BCUT2D eigenvalue weighted by Gasteiger charge is -2.35. The normalized spacial score (nSPS) is 21.6. The van der Waals surface area contributed by atoms with Gasteiger partial charge in [-0.15, -0.1) is 0 Å². The third-order valence-electron chi connectivity index (χ3n) is 4.16. The topological polar surface area (TPSA) is 47.3 Å². The van der Waals surface area contributed by atoms with Crippen molar-refractivity contribution in [1.82, 2.24) is 9.78 Å². The predicted molar refractivity (Wildman–Crippen MR) is 76.8 cm³/mol. The van der Waals surface area contributed by atoms with Crippen LogP contribution in [-0.2, 0) is 18.6 Å². The minimum atomic E-state index is -1.01. The molecule has 3 rings (SSSR count). The minimum absolute atomic E-state index is 0.658. The number of benzene rings is 1. The summed E-state index contributed by atoms with van der Waals surface area (Å²) in [6.45, 7) is 2.73. The van der Waals surface area contributed by atoms with Crippen molar-refractivity contribution in [3.63, 3.8) is 0 Å². The maximum atomic E-state index is 11.4. The van der Waals surface area contributed by atoms with Crippen molar-refractivity contribution in [3.05, 3.63) is 47.3 Å². The largest absolute Gasteiger partial charge is 0.493 e.